The molecule has 1 aromatic rings. The van der Waals surface area contributed by atoms with Crippen LogP contribution in [0.2, 0.25) is 0 Å². The molecule has 1 fully saturated rings. The van der Waals surface area contributed by atoms with Crippen LogP contribution in [0.15, 0.2) is 12.3 Å². The molecule has 1 aliphatic rings. The molecule has 1 unspecified atom stereocenters. The number of hydrogen-bond acceptors (Lipinski definition) is 2. The number of carbonyl (C=O) groups excluding carboxylic acids is 1. The van der Waals surface area contributed by atoms with E-state index >= 15 is 0 Å². The fraction of sp³-hybridized carbons (Fsp3) is 0.538. The van der Waals surface area contributed by atoms with E-state index in [4.69, 9.17) is 6.42 Å². The average Bonchev–Trinajstić information content (AvgIpc) is 2.83. The monoisotopic (exact) mass is 231 g/mol. The molecule has 0 aromatic carbocycles. The largest absolute Gasteiger partial charge is 0.296 e. The minimum absolute atomic E-state index is 0.0323. The molecule has 1 atom stereocenters. The molecular formula is C13H17N3O. The van der Waals surface area contributed by atoms with Gasteiger partial charge in [-0.15, -0.1) is 12.3 Å². The van der Waals surface area contributed by atoms with Gasteiger partial charge in [-0.25, -0.2) is 4.68 Å². The van der Waals surface area contributed by atoms with Crippen LogP contribution in [0, 0.1) is 24.2 Å². The number of terminal acetylenes is 1. The maximum atomic E-state index is 11.9. The quantitative estimate of drug-likeness (QED) is 0.740. The second-order valence-corrected chi connectivity index (χ2v) is 4.84. The Bertz CT molecular complexity index is 455. The SMILES string of the molecule is C#CC1CC(=O)N(c2ccnn2CC(C)C)C1. The lowest BCUT2D eigenvalue weighted by atomic mass is 10.1. The van der Waals surface area contributed by atoms with Gasteiger partial charge in [0.15, 0.2) is 0 Å². The molecule has 1 aromatic heterocycles. The van der Waals surface area contributed by atoms with Crippen molar-refractivity contribution < 1.29 is 4.79 Å². The minimum atomic E-state index is 0.0323. The van der Waals surface area contributed by atoms with Crippen molar-refractivity contribution in [3.8, 4) is 12.3 Å². The van der Waals surface area contributed by atoms with Gasteiger partial charge in [-0.3, -0.25) is 9.69 Å². The molecule has 0 saturated carbocycles. The van der Waals surface area contributed by atoms with Crippen molar-refractivity contribution in [1.29, 1.82) is 0 Å². The number of nitrogens with zero attached hydrogens (tertiary/aromatic N) is 3. The second kappa shape index (κ2) is 4.62. The van der Waals surface area contributed by atoms with Crippen molar-refractivity contribution in [2.24, 2.45) is 11.8 Å². The summed E-state index contributed by atoms with van der Waals surface area (Å²) in [6.07, 6.45) is 7.56. The van der Waals surface area contributed by atoms with Crippen molar-refractivity contribution in [1.82, 2.24) is 9.78 Å². The Kier molecular flexibility index (Phi) is 3.19. The number of rotatable bonds is 3. The van der Waals surface area contributed by atoms with Gasteiger partial charge in [-0.2, -0.15) is 5.10 Å². The van der Waals surface area contributed by atoms with E-state index in [0.717, 1.165) is 12.4 Å². The van der Waals surface area contributed by atoms with Crippen LogP contribution in [-0.4, -0.2) is 22.2 Å². The first-order valence-electron chi connectivity index (χ1n) is 5.90. The third kappa shape index (κ3) is 2.33. The molecule has 0 radical (unpaired) electrons. The van der Waals surface area contributed by atoms with Gasteiger partial charge in [0.1, 0.15) is 5.82 Å². The van der Waals surface area contributed by atoms with Crippen LogP contribution in [-0.2, 0) is 11.3 Å². The molecule has 0 aliphatic carbocycles. The fourth-order valence-electron chi connectivity index (χ4n) is 2.08. The molecular weight excluding hydrogens is 214 g/mol. The van der Waals surface area contributed by atoms with E-state index in [1.807, 2.05) is 10.7 Å². The molecule has 1 saturated heterocycles. The molecule has 4 heteroatoms. The lowest BCUT2D eigenvalue weighted by molar-refractivity contribution is -0.117. The Morgan fingerprint density at radius 2 is 2.41 bits per heavy atom. The van der Waals surface area contributed by atoms with Gasteiger partial charge in [-0.1, -0.05) is 13.8 Å². The van der Waals surface area contributed by atoms with Crippen LogP contribution in [0.1, 0.15) is 20.3 Å². The first kappa shape index (κ1) is 11.7. The van der Waals surface area contributed by atoms with Gasteiger partial charge in [0.2, 0.25) is 5.91 Å². The Balaban J connectivity index is 2.21. The first-order chi connectivity index (χ1) is 8.11. The maximum Gasteiger partial charge on any atom is 0.229 e. The van der Waals surface area contributed by atoms with E-state index in [9.17, 15) is 4.79 Å². The molecule has 0 bridgehead atoms. The molecule has 17 heavy (non-hydrogen) atoms. The average molecular weight is 231 g/mol. The fourth-order valence-corrected chi connectivity index (χ4v) is 2.08. The second-order valence-electron chi connectivity index (χ2n) is 4.84. The van der Waals surface area contributed by atoms with Crippen molar-refractivity contribution in [3.05, 3.63) is 12.3 Å². The van der Waals surface area contributed by atoms with Gasteiger partial charge in [0, 0.05) is 31.5 Å². The summed E-state index contributed by atoms with van der Waals surface area (Å²) < 4.78 is 1.88. The highest BCUT2D eigenvalue weighted by atomic mass is 16.2. The maximum absolute atomic E-state index is 11.9. The Morgan fingerprint density at radius 3 is 3.00 bits per heavy atom. The van der Waals surface area contributed by atoms with Crippen molar-refractivity contribution in [2.45, 2.75) is 26.8 Å². The summed E-state index contributed by atoms with van der Waals surface area (Å²) in [5, 5.41) is 4.26. The molecule has 0 spiro atoms. The summed E-state index contributed by atoms with van der Waals surface area (Å²) in [5.74, 6) is 4.14. The predicted octanol–water partition coefficient (Wildman–Crippen LogP) is 1.53. The van der Waals surface area contributed by atoms with Crippen LogP contribution >= 0.6 is 0 Å². The molecule has 2 heterocycles. The van der Waals surface area contributed by atoms with E-state index in [-0.39, 0.29) is 11.8 Å². The first-order valence-corrected chi connectivity index (χ1v) is 5.90. The van der Waals surface area contributed by atoms with Gasteiger partial charge < -0.3 is 0 Å². The molecule has 1 amide bonds. The highest BCUT2D eigenvalue weighted by Crippen LogP contribution is 2.24. The molecule has 90 valence electrons. The number of amides is 1. The van der Waals surface area contributed by atoms with Crippen molar-refractivity contribution in [3.63, 3.8) is 0 Å². The van der Waals surface area contributed by atoms with Gasteiger partial charge >= 0.3 is 0 Å². The summed E-state index contributed by atoms with van der Waals surface area (Å²) in [6.45, 7) is 5.68. The third-order valence-electron chi connectivity index (χ3n) is 2.87. The molecule has 2 rings (SSSR count). The number of anilines is 1. The highest BCUT2D eigenvalue weighted by molar-refractivity contribution is 5.95. The molecule has 0 N–H and O–H groups in total. The standard InChI is InChI=1S/C13H17N3O/c1-4-11-7-13(17)15(9-11)12-5-6-14-16(12)8-10(2)3/h1,5-6,10-11H,7-9H2,2-3H3. The summed E-state index contributed by atoms with van der Waals surface area (Å²) in [4.78, 5) is 13.6. The number of hydrogen-bond donors (Lipinski definition) is 0. The van der Waals surface area contributed by atoms with E-state index in [2.05, 4.69) is 24.9 Å². The van der Waals surface area contributed by atoms with Crippen LogP contribution in [0.3, 0.4) is 0 Å². The van der Waals surface area contributed by atoms with Crippen LogP contribution in [0.25, 0.3) is 0 Å². The zero-order valence-electron chi connectivity index (χ0n) is 10.3. The lowest BCUT2D eigenvalue weighted by Gasteiger charge is -2.18. The van der Waals surface area contributed by atoms with Gasteiger partial charge in [0.25, 0.3) is 0 Å². The zero-order chi connectivity index (χ0) is 12.4. The summed E-state index contributed by atoms with van der Waals surface area (Å²) in [6, 6.07) is 1.87. The smallest absolute Gasteiger partial charge is 0.229 e. The van der Waals surface area contributed by atoms with Crippen LogP contribution in [0.5, 0.6) is 0 Å². The molecule has 4 nitrogen and oxygen atoms in total. The van der Waals surface area contributed by atoms with Crippen LogP contribution < -0.4 is 4.90 Å². The topological polar surface area (TPSA) is 38.1 Å². The molecule has 1 aliphatic heterocycles. The Morgan fingerprint density at radius 1 is 1.65 bits per heavy atom. The zero-order valence-corrected chi connectivity index (χ0v) is 10.3. The van der Waals surface area contributed by atoms with Gasteiger partial charge in [-0.05, 0) is 5.92 Å². The number of carbonyl (C=O) groups is 1. The summed E-state index contributed by atoms with van der Waals surface area (Å²) in [5.41, 5.74) is 0. The van der Waals surface area contributed by atoms with E-state index in [1.165, 1.54) is 0 Å². The summed E-state index contributed by atoms with van der Waals surface area (Å²) >= 11 is 0. The van der Waals surface area contributed by atoms with Gasteiger partial charge in [0.05, 0.1) is 6.20 Å². The lowest BCUT2D eigenvalue weighted by Crippen LogP contribution is -2.27. The number of aromatic nitrogens is 2. The van der Waals surface area contributed by atoms with E-state index < -0.39 is 0 Å². The van der Waals surface area contributed by atoms with Crippen molar-refractivity contribution >= 4 is 11.7 Å². The normalized spacial score (nSPS) is 20.0. The Labute approximate surface area is 102 Å². The van der Waals surface area contributed by atoms with Crippen molar-refractivity contribution in [2.75, 3.05) is 11.4 Å². The highest BCUT2D eigenvalue weighted by Gasteiger charge is 2.31. The third-order valence-corrected chi connectivity index (χ3v) is 2.87. The minimum Gasteiger partial charge on any atom is -0.296 e. The predicted molar refractivity (Wildman–Crippen MR) is 66.4 cm³/mol. The van der Waals surface area contributed by atoms with Crippen LogP contribution in [0.4, 0.5) is 5.82 Å². The Hall–Kier alpha value is -1.76. The van der Waals surface area contributed by atoms with E-state index in [1.54, 1.807) is 11.1 Å². The van der Waals surface area contributed by atoms with E-state index in [0.29, 0.717) is 18.9 Å². The summed E-state index contributed by atoms with van der Waals surface area (Å²) in [7, 11) is 0.